The number of pyridine rings is 1. The summed E-state index contributed by atoms with van der Waals surface area (Å²) in [6.07, 6.45) is 5.26. The van der Waals surface area contributed by atoms with Gasteiger partial charge in [0, 0.05) is 55.9 Å². The average Bonchev–Trinajstić information content (AvgIpc) is 2.88. The zero-order valence-electron chi connectivity index (χ0n) is 19.7. The van der Waals surface area contributed by atoms with Crippen LogP contribution in [0.3, 0.4) is 0 Å². The van der Waals surface area contributed by atoms with Gasteiger partial charge in [0.25, 0.3) is 5.91 Å². The highest BCUT2D eigenvalue weighted by molar-refractivity contribution is 6.36. The number of carbonyl (C=O) groups excluding carboxylic acids is 1. The van der Waals surface area contributed by atoms with Crippen LogP contribution in [0.4, 0.5) is 0 Å². The van der Waals surface area contributed by atoms with Crippen molar-refractivity contribution in [2.75, 3.05) is 39.3 Å². The molecule has 0 radical (unpaired) electrons. The first-order valence-corrected chi connectivity index (χ1v) is 12.9. The zero-order valence-corrected chi connectivity index (χ0v) is 20.5. The summed E-state index contributed by atoms with van der Waals surface area (Å²) in [7, 11) is 0. The molecule has 1 aliphatic heterocycles. The Morgan fingerprint density at radius 3 is 2.56 bits per heavy atom. The number of fused-ring (bicyclic) bond motifs is 2. The van der Waals surface area contributed by atoms with Crippen molar-refractivity contribution in [1.82, 2.24) is 20.1 Å². The van der Waals surface area contributed by atoms with Crippen molar-refractivity contribution in [3.63, 3.8) is 0 Å². The third kappa shape index (κ3) is 5.43. The molecule has 0 bridgehead atoms. The van der Waals surface area contributed by atoms with Gasteiger partial charge in [-0.2, -0.15) is 0 Å². The molecular formula is C28H33ClN4O. The number of halogens is 1. The number of benzene rings is 2. The smallest absolute Gasteiger partial charge is 0.251 e. The molecule has 0 saturated carbocycles. The maximum atomic E-state index is 12.7. The summed E-state index contributed by atoms with van der Waals surface area (Å²) in [6.45, 7) is 7.08. The molecule has 2 aliphatic rings. The molecule has 0 atom stereocenters. The van der Waals surface area contributed by atoms with Gasteiger partial charge < -0.3 is 10.2 Å². The molecule has 1 amide bonds. The number of hydrogen-bond acceptors (Lipinski definition) is 4. The van der Waals surface area contributed by atoms with E-state index in [9.17, 15) is 4.79 Å². The van der Waals surface area contributed by atoms with Crippen molar-refractivity contribution in [2.24, 2.45) is 0 Å². The molecule has 0 unspecified atom stereocenters. The Hall–Kier alpha value is -2.47. The monoisotopic (exact) mass is 476 g/mol. The van der Waals surface area contributed by atoms with Crippen molar-refractivity contribution in [1.29, 1.82) is 0 Å². The SMILES string of the molecule is O=C(NCCCN1CCN(Cc2ccccc2)CC1)c1ccc2c(Cl)c3c(nc2c1)CCCC3. The molecule has 1 saturated heterocycles. The molecule has 5 rings (SSSR count). The topological polar surface area (TPSA) is 48.5 Å². The first kappa shape index (κ1) is 23.3. The fraction of sp³-hybridized carbons (Fsp3) is 0.429. The van der Waals surface area contributed by atoms with E-state index >= 15 is 0 Å². The van der Waals surface area contributed by atoms with Gasteiger partial charge in [0.05, 0.1) is 10.5 Å². The zero-order chi connectivity index (χ0) is 23.3. The number of aromatic nitrogens is 1. The molecular weight excluding hydrogens is 444 g/mol. The van der Waals surface area contributed by atoms with Crippen LogP contribution in [0.1, 0.15) is 46.4 Å². The van der Waals surface area contributed by atoms with E-state index in [0.29, 0.717) is 12.1 Å². The Labute approximate surface area is 207 Å². The predicted octanol–water partition coefficient (Wildman–Crippen LogP) is 4.70. The van der Waals surface area contributed by atoms with Crippen molar-refractivity contribution >= 4 is 28.4 Å². The highest BCUT2D eigenvalue weighted by atomic mass is 35.5. The highest BCUT2D eigenvalue weighted by Crippen LogP contribution is 2.33. The van der Waals surface area contributed by atoms with Gasteiger partial charge in [0.1, 0.15) is 0 Å². The minimum absolute atomic E-state index is 0.0368. The summed E-state index contributed by atoms with van der Waals surface area (Å²) < 4.78 is 0. The Bertz CT molecular complexity index is 1140. The van der Waals surface area contributed by atoms with E-state index < -0.39 is 0 Å². The highest BCUT2D eigenvalue weighted by Gasteiger charge is 2.19. The second-order valence-corrected chi connectivity index (χ2v) is 9.88. The van der Waals surface area contributed by atoms with Crippen molar-refractivity contribution in [2.45, 2.75) is 38.6 Å². The predicted molar refractivity (Wildman–Crippen MR) is 139 cm³/mol. The quantitative estimate of drug-likeness (QED) is 0.502. The Morgan fingerprint density at radius 2 is 1.74 bits per heavy atom. The first-order chi connectivity index (χ1) is 16.7. The minimum Gasteiger partial charge on any atom is -0.352 e. The van der Waals surface area contributed by atoms with Crippen LogP contribution in [0.25, 0.3) is 10.9 Å². The molecule has 178 valence electrons. The van der Waals surface area contributed by atoms with Gasteiger partial charge in [0.2, 0.25) is 0 Å². The number of rotatable bonds is 7. The lowest BCUT2D eigenvalue weighted by atomic mass is 9.94. The average molecular weight is 477 g/mol. The van der Waals surface area contributed by atoms with Crippen LogP contribution in [0.5, 0.6) is 0 Å². The fourth-order valence-corrected chi connectivity index (χ4v) is 5.49. The van der Waals surface area contributed by atoms with Gasteiger partial charge in [-0.3, -0.25) is 14.7 Å². The molecule has 3 aromatic rings. The van der Waals surface area contributed by atoms with Crippen molar-refractivity contribution < 1.29 is 4.79 Å². The van der Waals surface area contributed by atoms with E-state index in [1.54, 1.807) is 0 Å². The lowest BCUT2D eigenvalue weighted by Crippen LogP contribution is -2.46. The van der Waals surface area contributed by atoms with Gasteiger partial charge in [-0.1, -0.05) is 48.0 Å². The third-order valence-corrected chi connectivity index (χ3v) is 7.54. The van der Waals surface area contributed by atoms with Gasteiger partial charge >= 0.3 is 0 Å². The van der Waals surface area contributed by atoms with Crippen LogP contribution >= 0.6 is 11.6 Å². The number of amides is 1. The van der Waals surface area contributed by atoms with E-state index in [4.69, 9.17) is 16.6 Å². The summed E-state index contributed by atoms with van der Waals surface area (Å²) >= 11 is 6.67. The van der Waals surface area contributed by atoms with Crippen LogP contribution in [0.2, 0.25) is 5.02 Å². The third-order valence-electron chi connectivity index (χ3n) is 7.11. The Morgan fingerprint density at radius 1 is 0.971 bits per heavy atom. The number of nitrogens with zero attached hydrogens (tertiary/aromatic N) is 3. The summed E-state index contributed by atoms with van der Waals surface area (Å²) in [5.74, 6) is -0.0368. The molecule has 1 aromatic heterocycles. The summed E-state index contributed by atoms with van der Waals surface area (Å²) in [5, 5.41) is 4.85. The lowest BCUT2D eigenvalue weighted by molar-refractivity contribution is 0.0947. The van der Waals surface area contributed by atoms with Gasteiger partial charge in [-0.25, -0.2) is 0 Å². The summed E-state index contributed by atoms with van der Waals surface area (Å²) in [6, 6.07) is 16.4. The number of carbonyl (C=O) groups is 1. The van der Waals surface area contributed by atoms with Crippen molar-refractivity contribution in [3.8, 4) is 0 Å². The molecule has 2 aromatic carbocycles. The van der Waals surface area contributed by atoms with E-state index in [1.165, 1.54) is 17.5 Å². The maximum Gasteiger partial charge on any atom is 0.251 e. The first-order valence-electron chi connectivity index (χ1n) is 12.6. The summed E-state index contributed by atoms with van der Waals surface area (Å²) in [5.41, 5.74) is 5.15. The van der Waals surface area contributed by atoms with Crippen LogP contribution in [-0.2, 0) is 19.4 Å². The maximum absolute atomic E-state index is 12.7. The van der Waals surface area contributed by atoms with E-state index in [2.05, 4.69) is 45.4 Å². The van der Waals surface area contributed by atoms with E-state index in [0.717, 1.165) is 86.6 Å². The molecule has 1 fully saturated rings. The van der Waals surface area contributed by atoms with Crippen LogP contribution in [0, 0.1) is 0 Å². The number of piperazine rings is 1. The van der Waals surface area contributed by atoms with E-state index in [1.807, 2.05) is 18.2 Å². The number of hydrogen-bond donors (Lipinski definition) is 1. The standard InChI is InChI=1S/C28H33ClN4O/c29-27-23-9-4-5-10-25(23)31-26-19-22(11-12-24(26)27)28(34)30-13-6-14-32-15-17-33(18-16-32)20-21-7-2-1-3-8-21/h1-3,7-8,11-12,19H,4-6,9-10,13-18,20H2,(H,30,34). The van der Waals surface area contributed by atoms with Crippen LogP contribution in [-0.4, -0.2) is 60.0 Å². The van der Waals surface area contributed by atoms with Gasteiger partial charge in [0.15, 0.2) is 0 Å². The van der Waals surface area contributed by atoms with Crippen molar-refractivity contribution in [3.05, 3.63) is 75.9 Å². The van der Waals surface area contributed by atoms with Gasteiger partial charge in [-0.05, 0) is 61.9 Å². The molecule has 2 heterocycles. The summed E-state index contributed by atoms with van der Waals surface area (Å²) in [4.78, 5) is 22.6. The second-order valence-electron chi connectivity index (χ2n) is 9.50. The van der Waals surface area contributed by atoms with Gasteiger partial charge in [-0.15, -0.1) is 0 Å². The number of aryl methyl sites for hydroxylation is 1. The molecule has 1 N–H and O–H groups in total. The molecule has 6 heteroatoms. The normalized spacial score (nSPS) is 17.0. The number of nitrogens with one attached hydrogen (secondary N) is 1. The molecule has 0 spiro atoms. The van der Waals surface area contributed by atoms with E-state index in [-0.39, 0.29) is 5.91 Å². The Balaban J connectivity index is 1.08. The van der Waals surface area contributed by atoms with Crippen LogP contribution < -0.4 is 5.32 Å². The largest absolute Gasteiger partial charge is 0.352 e. The molecule has 1 aliphatic carbocycles. The second kappa shape index (κ2) is 10.9. The molecule has 34 heavy (non-hydrogen) atoms. The minimum atomic E-state index is -0.0368. The molecule has 5 nitrogen and oxygen atoms in total. The fourth-order valence-electron chi connectivity index (χ4n) is 5.13. The van der Waals surface area contributed by atoms with Crippen LogP contribution in [0.15, 0.2) is 48.5 Å². The lowest BCUT2D eigenvalue weighted by Gasteiger charge is -2.34. The Kier molecular flexibility index (Phi) is 7.43.